The molecule has 4 nitrogen and oxygen atoms in total. The van der Waals surface area contributed by atoms with E-state index in [0.717, 1.165) is 5.69 Å². The van der Waals surface area contributed by atoms with Crippen molar-refractivity contribution in [1.82, 2.24) is 9.88 Å². The van der Waals surface area contributed by atoms with Crippen LogP contribution in [-0.2, 0) is 6.54 Å². The molecule has 1 aliphatic heterocycles. The molecule has 0 unspecified atom stereocenters. The molecule has 4 heteroatoms. The third-order valence-electron chi connectivity index (χ3n) is 4.62. The molecular weight excluding hydrogens is 310 g/mol. The minimum Gasteiger partial charge on any atom is -0.319 e. The van der Waals surface area contributed by atoms with Gasteiger partial charge in [0.25, 0.3) is 0 Å². The zero-order valence-corrected chi connectivity index (χ0v) is 13.8. The molecule has 1 aliphatic rings. The normalized spacial score (nSPS) is 16.2. The lowest BCUT2D eigenvalue weighted by Crippen LogP contribution is -2.41. The molecule has 0 fully saturated rings. The van der Waals surface area contributed by atoms with Crippen molar-refractivity contribution < 1.29 is 4.79 Å². The maximum absolute atomic E-state index is 12.7. The molecule has 0 saturated carbocycles. The Labute approximate surface area is 147 Å². The lowest BCUT2D eigenvalue weighted by molar-refractivity contribution is 0.203. The first-order chi connectivity index (χ1) is 12.3. The third-order valence-corrected chi connectivity index (χ3v) is 4.62. The van der Waals surface area contributed by atoms with E-state index < -0.39 is 0 Å². The van der Waals surface area contributed by atoms with Gasteiger partial charge in [-0.2, -0.15) is 0 Å². The Morgan fingerprint density at radius 1 is 0.960 bits per heavy atom. The summed E-state index contributed by atoms with van der Waals surface area (Å²) in [5.41, 5.74) is 4.50. The molecule has 0 aliphatic carbocycles. The van der Waals surface area contributed by atoms with Crippen LogP contribution in [0.25, 0.3) is 0 Å². The molecule has 4 rings (SSSR count). The van der Waals surface area contributed by atoms with Gasteiger partial charge in [-0.05, 0) is 28.8 Å². The van der Waals surface area contributed by atoms with Gasteiger partial charge in [-0.3, -0.25) is 4.98 Å². The fraction of sp³-hybridized carbons (Fsp3) is 0.143. The predicted molar refractivity (Wildman–Crippen MR) is 98.4 cm³/mol. The van der Waals surface area contributed by atoms with Crippen molar-refractivity contribution in [2.24, 2.45) is 0 Å². The number of hydrogen-bond acceptors (Lipinski definition) is 2. The second-order valence-corrected chi connectivity index (χ2v) is 6.21. The maximum atomic E-state index is 12.7. The van der Waals surface area contributed by atoms with E-state index in [2.05, 4.69) is 40.6 Å². The molecule has 0 radical (unpaired) electrons. The summed E-state index contributed by atoms with van der Waals surface area (Å²) in [5.74, 6) is 0.189. The molecule has 1 N–H and O–H groups in total. The average molecular weight is 329 g/mol. The molecule has 1 aromatic heterocycles. The second-order valence-electron chi connectivity index (χ2n) is 6.21. The summed E-state index contributed by atoms with van der Waals surface area (Å²) in [5, 5.41) is 2.96. The van der Waals surface area contributed by atoms with Gasteiger partial charge in [-0.15, -0.1) is 0 Å². The number of carbonyl (C=O) groups is 1. The summed E-state index contributed by atoms with van der Waals surface area (Å²) in [6.45, 7) is 1.29. The average Bonchev–Trinajstić information content (AvgIpc) is 2.68. The quantitative estimate of drug-likeness (QED) is 0.763. The van der Waals surface area contributed by atoms with Crippen molar-refractivity contribution in [2.75, 3.05) is 11.9 Å². The lowest BCUT2D eigenvalue weighted by atomic mass is 9.85. The number of rotatable bonds is 2. The number of nitrogens with zero attached hydrogens (tertiary/aromatic N) is 2. The van der Waals surface area contributed by atoms with Crippen LogP contribution in [0.3, 0.4) is 0 Å². The van der Waals surface area contributed by atoms with E-state index in [0.29, 0.717) is 13.1 Å². The summed E-state index contributed by atoms with van der Waals surface area (Å²) in [6.07, 6.45) is 3.35. The Bertz CT molecular complexity index is 865. The number of amides is 2. The molecular formula is C21H19N3O. The SMILES string of the molecule is O=C(Nc1ccncc1)N1Cc2ccccc2[C@@H](c2ccccc2)C1. The zero-order chi connectivity index (χ0) is 17.1. The number of urea groups is 1. The van der Waals surface area contributed by atoms with Crippen LogP contribution in [0, 0.1) is 0 Å². The van der Waals surface area contributed by atoms with E-state index >= 15 is 0 Å². The number of fused-ring (bicyclic) bond motifs is 1. The Kier molecular flexibility index (Phi) is 4.17. The number of hydrogen-bond donors (Lipinski definition) is 1. The van der Waals surface area contributed by atoms with Gasteiger partial charge in [-0.25, -0.2) is 4.79 Å². The molecule has 124 valence electrons. The van der Waals surface area contributed by atoms with Gasteiger partial charge >= 0.3 is 6.03 Å². The van der Waals surface area contributed by atoms with E-state index in [4.69, 9.17) is 0 Å². The van der Waals surface area contributed by atoms with Crippen LogP contribution < -0.4 is 5.32 Å². The Morgan fingerprint density at radius 2 is 1.68 bits per heavy atom. The van der Waals surface area contributed by atoms with Crippen molar-refractivity contribution >= 4 is 11.7 Å². The first-order valence-corrected chi connectivity index (χ1v) is 8.40. The highest BCUT2D eigenvalue weighted by Crippen LogP contribution is 2.33. The van der Waals surface area contributed by atoms with Crippen LogP contribution in [0.5, 0.6) is 0 Å². The Morgan fingerprint density at radius 3 is 2.48 bits per heavy atom. The summed E-state index contributed by atoms with van der Waals surface area (Å²) in [7, 11) is 0. The van der Waals surface area contributed by atoms with Crippen LogP contribution in [-0.4, -0.2) is 22.5 Å². The maximum Gasteiger partial charge on any atom is 0.322 e. The highest BCUT2D eigenvalue weighted by molar-refractivity contribution is 5.89. The van der Waals surface area contributed by atoms with Crippen molar-refractivity contribution in [3.05, 3.63) is 95.8 Å². The molecule has 2 heterocycles. The summed E-state index contributed by atoms with van der Waals surface area (Å²) in [4.78, 5) is 18.6. The van der Waals surface area contributed by atoms with Gasteiger partial charge in [-0.1, -0.05) is 54.6 Å². The van der Waals surface area contributed by atoms with Crippen molar-refractivity contribution in [1.29, 1.82) is 0 Å². The molecule has 1 atom stereocenters. The Hall–Kier alpha value is -3.14. The molecule has 0 bridgehead atoms. The first kappa shape index (κ1) is 15.4. The summed E-state index contributed by atoms with van der Waals surface area (Å²) >= 11 is 0. The van der Waals surface area contributed by atoms with E-state index in [1.807, 2.05) is 29.2 Å². The standard InChI is InChI=1S/C21H19N3O/c25-21(23-18-10-12-22-13-11-18)24-14-17-8-4-5-9-19(17)20(15-24)16-6-2-1-3-7-16/h1-13,20H,14-15H2,(H,22,23,25)/t20-/m1/s1. The van der Waals surface area contributed by atoms with Gasteiger partial charge in [0.05, 0.1) is 0 Å². The molecule has 2 aromatic carbocycles. The van der Waals surface area contributed by atoms with Crippen molar-refractivity contribution in [3.63, 3.8) is 0 Å². The predicted octanol–water partition coefficient (Wildman–Crippen LogP) is 4.26. The van der Waals surface area contributed by atoms with E-state index in [9.17, 15) is 4.79 Å². The molecule has 3 aromatic rings. The number of carbonyl (C=O) groups excluding carboxylic acids is 1. The smallest absolute Gasteiger partial charge is 0.319 e. The fourth-order valence-corrected chi connectivity index (χ4v) is 3.37. The largest absolute Gasteiger partial charge is 0.322 e. The van der Waals surface area contributed by atoms with Gasteiger partial charge in [0.1, 0.15) is 0 Å². The van der Waals surface area contributed by atoms with Crippen molar-refractivity contribution in [3.8, 4) is 0 Å². The van der Waals surface area contributed by atoms with Crippen LogP contribution in [0.1, 0.15) is 22.6 Å². The Balaban J connectivity index is 1.62. The fourth-order valence-electron chi connectivity index (χ4n) is 3.37. The summed E-state index contributed by atoms with van der Waals surface area (Å²) < 4.78 is 0. The van der Waals surface area contributed by atoms with Gasteiger partial charge in [0, 0.05) is 37.1 Å². The zero-order valence-electron chi connectivity index (χ0n) is 13.8. The highest BCUT2D eigenvalue weighted by atomic mass is 16.2. The van der Waals surface area contributed by atoms with Crippen molar-refractivity contribution in [2.45, 2.75) is 12.5 Å². The van der Waals surface area contributed by atoms with E-state index in [-0.39, 0.29) is 11.9 Å². The van der Waals surface area contributed by atoms with Crippen LogP contribution in [0.2, 0.25) is 0 Å². The van der Waals surface area contributed by atoms with Gasteiger partial charge in [0.2, 0.25) is 0 Å². The van der Waals surface area contributed by atoms with Crippen LogP contribution in [0.15, 0.2) is 79.1 Å². The van der Waals surface area contributed by atoms with Gasteiger partial charge in [0.15, 0.2) is 0 Å². The second kappa shape index (κ2) is 6.77. The summed E-state index contributed by atoms with van der Waals surface area (Å²) in [6, 6.07) is 22.3. The number of nitrogens with one attached hydrogen (secondary N) is 1. The first-order valence-electron chi connectivity index (χ1n) is 8.40. The molecule has 0 spiro atoms. The minimum absolute atomic E-state index is 0.0818. The molecule has 0 saturated heterocycles. The van der Waals surface area contributed by atoms with E-state index in [1.54, 1.807) is 24.5 Å². The van der Waals surface area contributed by atoms with Gasteiger partial charge < -0.3 is 10.2 Å². The number of benzene rings is 2. The van der Waals surface area contributed by atoms with Crippen LogP contribution in [0.4, 0.5) is 10.5 Å². The topological polar surface area (TPSA) is 45.2 Å². The van der Waals surface area contributed by atoms with Crippen LogP contribution >= 0.6 is 0 Å². The molecule has 25 heavy (non-hydrogen) atoms. The number of aromatic nitrogens is 1. The molecule has 2 amide bonds. The lowest BCUT2D eigenvalue weighted by Gasteiger charge is -2.35. The highest BCUT2D eigenvalue weighted by Gasteiger charge is 2.28. The van der Waals surface area contributed by atoms with E-state index in [1.165, 1.54) is 16.7 Å². The monoisotopic (exact) mass is 329 g/mol. The number of anilines is 1. The number of pyridine rings is 1. The third kappa shape index (κ3) is 3.24. The minimum atomic E-state index is -0.0818.